The van der Waals surface area contributed by atoms with Crippen LogP contribution in [0.1, 0.15) is 31.2 Å². The molecule has 1 aliphatic carbocycles. The van der Waals surface area contributed by atoms with Gasteiger partial charge in [0.05, 0.1) is 16.6 Å². The summed E-state index contributed by atoms with van der Waals surface area (Å²) in [4.78, 5) is 2.21. The van der Waals surface area contributed by atoms with Crippen LogP contribution in [0, 0.1) is 0 Å². The van der Waals surface area contributed by atoms with E-state index in [4.69, 9.17) is 34.1 Å². The maximum absolute atomic E-state index is 8.78. The summed E-state index contributed by atoms with van der Waals surface area (Å²) < 4.78 is 0. The molecule has 6 heteroatoms. The van der Waals surface area contributed by atoms with Gasteiger partial charge in [0, 0.05) is 12.6 Å². The van der Waals surface area contributed by atoms with Crippen molar-refractivity contribution in [2.45, 2.75) is 38.3 Å². The van der Waals surface area contributed by atoms with E-state index in [0.717, 1.165) is 18.4 Å². The van der Waals surface area contributed by atoms with E-state index in [0.29, 0.717) is 29.2 Å². The van der Waals surface area contributed by atoms with Gasteiger partial charge < -0.3 is 10.9 Å². The van der Waals surface area contributed by atoms with Gasteiger partial charge >= 0.3 is 0 Å². The monoisotopic (exact) mass is 315 g/mol. The predicted octanol–water partition coefficient (Wildman–Crippen LogP) is 3.48. The molecule has 0 spiro atoms. The summed E-state index contributed by atoms with van der Waals surface area (Å²) >= 11 is 12.3. The first kappa shape index (κ1) is 15.4. The van der Waals surface area contributed by atoms with Gasteiger partial charge in [0.2, 0.25) is 0 Å². The lowest BCUT2D eigenvalue weighted by molar-refractivity contribution is 0.214. The molecule has 0 aliphatic heterocycles. The van der Waals surface area contributed by atoms with Crippen molar-refractivity contribution in [1.29, 1.82) is 0 Å². The average Bonchev–Trinajstić information content (AvgIpc) is 2.96. The third-order valence-electron chi connectivity index (χ3n) is 3.74. The second-order valence-electron chi connectivity index (χ2n) is 5.15. The molecule has 4 nitrogen and oxygen atoms in total. The fourth-order valence-corrected chi connectivity index (χ4v) is 3.09. The Morgan fingerprint density at radius 3 is 2.70 bits per heavy atom. The summed E-state index contributed by atoms with van der Waals surface area (Å²) in [7, 11) is 0. The molecule has 0 bridgehead atoms. The molecule has 0 saturated heterocycles. The highest BCUT2D eigenvalue weighted by atomic mass is 35.5. The summed E-state index contributed by atoms with van der Waals surface area (Å²) in [5, 5.41) is 13.0. The van der Waals surface area contributed by atoms with Crippen LogP contribution in [0.3, 0.4) is 0 Å². The van der Waals surface area contributed by atoms with Gasteiger partial charge in [-0.25, -0.2) is 0 Å². The third kappa shape index (κ3) is 3.78. The molecule has 1 aromatic rings. The molecule has 0 amide bonds. The summed E-state index contributed by atoms with van der Waals surface area (Å²) in [5.74, 6) is 0.218. The first-order chi connectivity index (χ1) is 9.61. The molecule has 1 aliphatic rings. The molecule has 0 unspecified atom stereocenters. The average molecular weight is 316 g/mol. The number of halogens is 2. The Balaban J connectivity index is 2.16. The largest absolute Gasteiger partial charge is 0.409 e. The smallest absolute Gasteiger partial charge is 0.153 e. The Morgan fingerprint density at radius 2 is 2.05 bits per heavy atom. The minimum atomic E-state index is 0.218. The maximum Gasteiger partial charge on any atom is 0.153 e. The molecule has 0 aromatic heterocycles. The number of oxime groups is 1. The van der Waals surface area contributed by atoms with E-state index in [1.807, 2.05) is 12.1 Å². The summed E-state index contributed by atoms with van der Waals surface area (Å²) in [6, 6.07) is 6.07. The number of nitrogens with zero attached hydrogens (tertiary/aromatic N) is 2. The van der Waals surface area contributed by atoms with Crippen LogP contribution in [-0.2, 0) is 6.54 Å². The van der Waals surface area contributed by atoms with Gasteiger partial charge in [-0.15, -0.1) is 0 Å². The van der Waals surface area contributed by atoms with Gasteiger partial charge in [-0.3, -0.25) is 4.90 Å². The quantitative estimate of drug-likeness (QED) is 0.378. The highest BCUT2D eigenvalue weighted by Crippen LogP contribution is 2.29. The fourth-order valence-electron chi connectivity index (χ4n) is 2.71. The minimum Gasteiger partial charge on any atom is -0.409 e. The number of hydrogen-bond donors (Lipinski definition) is 2. The number of benzene rings is 1. The Morgan fingerprint density at radius 1 is 1.35 bits per heavy atom. The van der Waals surface area contributed by atoms with Gasteiger partial charge in [-0.05, 0) is 24.5 Å². The summed E-state index contributed by atoms with van der Waals surface area (Å²) in [5.41, 5.74) is 6.63. The van der Waals surface area contributed by atoms with Crippen LogP contribution in [0.15, 0.2) is 23.4 Å². The number of nitrogens with two attached hydrogens (primary N) is 1. The van der Waals surface area contributed by atoms with Gasteiger partial charge in [-0.1, -0.05) is 53.3 Å². The van der Waals surface area contributed by atoms with Crippen LogP contribution in [0.5, 0.6) is 0 Å². The zero-order chi connectivity index (χ0) is 14.5. The van der Waals surface area contributed by atoms with Crippen LogP contribution in [-0.4, -0.2) is 28.5 Å². The molecule has 0 radical (unpaired) electrons. The number of rotatable bonds is 5. The number of amidine groups is 1. The van der Waals surface area contributed by atoms with E-state index in [9.17, 15) is 0 Å². The molecule has 1 fully saturated rings. The first-order valence-electron chi connectivity index (χ1n) is 6.75. The normalized spacial score (nSPS) is 17.1. The lowest BCUT2D eigenvalue weighted by Crippen LogP contribution is -2.39. The molecule has 1 aromatic carbocycles. The summed E-state index contributed by atoms with van der Waals surface area (Å²) in [6.07, 6.45) is 4.72. The van der Waals surface area contributed by atoms with Crippen molar-refractivity contribution in [3.05, 3.63) is 33.8 Å². The van der Waals surface area contributed by atoms with Gasteiger partial charge in [0.25, 0.3) is 0 Å². The van der Waals surface area contributed by atoms with Crippen molar-refractivity contribution < 1.29 is 5.21 Å². The van der Waals surface area contributed by atoms with Crippen LogP contribution >= 0.6 is 23.2 Å². The Kier molecular flexibility index (Phi) is 5.52. The molecule has 0 heterocycles. The van der Waals surface area contributed by atoms with E-state index in [1.54, 1.807) is 6.07 Å². The predicted molar refractivity (Wildman–Crippen MR) is 82.5 cm³/mol. The molecule has 2 rings (SSSR count). The highest BCUT2D eigenvalue weighted by Gasteiger charge is 2.24. The molecule has 110 valence electrons. The van der Waals surface area contributed by atoms with E-state index in [1.165, 1.54) is 12.8 Å². The molecule has 20 heavy (non-hydrogen) atoms. The lowest BCUT2D eigenvalue weighted by Gasteiger charge is -2.28. The van der Waals surface area contributed by atoms with Crippen molar-refractivity contribution >= 4 is 29.0 Å². The Hall–Kier alpha value is -0.970. The van der Waals surface area contributed by atoms with E-state index in [-0.39, 0.29) is 5.84 Å². The van der Waals surface area contributed by atoms with E-state index < -0.39 is 0 Å². The van der Waals surface area contributed by atoms with Gasteiger partial charge in [0.15, 0.2) is 5.84 Å². The molecule has 1 saturated carbocycles. The second kappa shape index (κ2) is 7.16. The highest BCUT2D eigenvalue weighted by molar-refractivity contribution is 6.42. The van der Waals surface area contributed by atoms with Gasteiger partial charge in [-0.2, -0.15) is 0 Å². The van der Waals surface area contributed by atoms with Crippen molar-refractivity contribution in [2.24, 2.45) is 10.9 Å². The zero-order valence-corrected chi connectivity index (χ0v) is 12.7. The third-order valence-corrected chi connectivity index (χ3v) is 4.60. The van der Waals surface area contributed by atoms with Crippen LogP contribution < -0.4 is 5.73 Å². The van der Waals surface area contributed by atoms with Crippen LogP contribution in [0.25, 0.3) is 0 Å². The van der Waals surface area contributed by atoms with Gasteiger partial charge in [0.1, 0.15) is 0 Å². The molecule has 3 N–H and O–H groups in total. The van der Waals surface area contributed by atoms with Crippen molar-refractivity contribution in [2.75, 3.05) is 6.54 Å². The molecular weight excluding hydrogens is 297 g/mol. The zero-order valence-electron chi connectivity index (χ0n) is 11.2. The Bertz CT molecular complexity index is 487. The minimum absolute atomic E-state index is 0.218. The van der Waals surface area contributed by atoms with E-state index in [2.05, 4.69) is 10.1 Å². The molecular formula is C14H19Cl2N3O. The maximum atomic E-state index is 8.78. The topological polar surface area (TPSA) is 61.8 Å². The number of hydrogen-bond acceptors (Lipinski definition) is 3. The standard InChI is InChI=1S/C14H19Cl2N3O/c15-12-7-3-4-10(14(12)16)8-19(9-13(17)18-20)11-5-1-2-6-11/h3-4,7,11,20H,1-2,5-6,8-9H2,(H2,17,18). The molecule has 0 atom stereocenters. The van der Waals surface area contributed by atoms with Crippen LogP contribution in [0.4, 0.5) is 0 Å². The SMILES string of the molecule is N/C(CN(Cc1cccc(Cl)c1Cl)C1CCCC1)=N/O. The van der Waals surface area contributed by atoms with Crippen molar-refractivity contribution in [3.63, 3.8) is 0 Å². The second-order valence-corrected chi connectivity index (χ2v) is 5.93. The van der Waals surface area contributed by atoms with E-state index >= 15 is 0 Å². The lowest BCUT2D eigenvalue weighted by atomic mass is 10.1. The summed E-state index contributed by atoms with van der Waals surface area (Å²) in [6.45, 7) is 1.09. The van der Waals surface area contributed by atoms with Crippen LogP contribution in [0.2, 0.25) is 10.0 Å². The van der Waals surface area contributed by atoms with Crippen molar-refractivity contribution in [3.8, 4) is 0 Å². The Labute approximate surface area is 129 Å². The first-order valence-corrected chi connectivity index (χ1v) is 7.50. The fraction of sp³-hybridized carbons (Fsp3) is 0.500. The van der Waals surface area contributed by atoms with Crippen molar-refractivity contribution in [1.82, 2.24) is 4.90 Å².